The topological polar surface area (TPSA) is 80.4 Å². The molecule has 0 rings (SSSR count). The van der Waals surface area contributed by atoms with Gasteiger partial charge in [0.05, 0.1) is 6.42 Å². The van der Waals surface area contributed by atoms with Gasteiger partial charge in [-0.05, 0) is 6.42 Å². The molecule has 0 aromatic rings. The Morgan fingerprint density at radius 1 is 1.47 bits per heavy atom. The summed E-state index contributed by atoms with van der Waals surface area (Å²) >= 11 is 0. The molecule has 0 radical (unpaired) electrons. The maximum atomic E-state index is 11.8. The fraction of sp³-hybridized carbons (Fsp3) is 0.857. The van der Waals surface area contributed by atoms with Gasteiger partial charge in [-0.25, -0.2) is 0 Å². The lowest BCUT2D eigenvalue weighted by Gasteiger charge is -2.11. The Morgan fingerprint density at radius 3 is 2.33 bits per heavy atom. The van der Waals surface area contributed by atoms with Crippen molar-refractivity contribution < 1.29 is 28.0 Å². The third kappa shape index (κ3) is 8.98. The van der Waals surface area contributed by atoms with Crippen molar-refractivity contribution >= 4 is 5.97 Å². The molecule has 0 aromatic carbocycles. The highest BCUT2D eigenvalue weighted by Gasteiger charge is 2.30. The van der Waals surface area contributed by atoms with Crippen LogP contribution in [0.2, 0.25) is 0 Å². The summed E-state index contributed by atoms with van der Waals surface area (Å²) < 4.78 is 35.3. The number of halogens is 3. The van der Waals surface area contributed by atoms with Crippen LogP contribution in [0, 0.1) is 16.0 Å². The predicted octanol–water partition coefficient (Wildman–Crippen LogP) is 1.70. The molecule has 8 heteroatoms. The van der Waals surface area contributed by atoms with Gasteiger partial charge in [0, 0.05) is 17.3 Å². The van der Waals surface area contributed by atoms with Gasteiger partial charge in [-0.1, -0.05) is 0 Å². The van der Waals surface area contributed by atoms with Gasteiger partial charge in [-0.2, -0.15) is 13.2 Å². The fourth-order valence-corrected chi connectivity index (χ4v) is 1.08. The van der Waals surface area contributed by atoms with Crippen LogP contribution < -0.4 is 0 Å². The van der Waals surface area contributed by atoms with Crippen molar-refractivity contribution in [2.45, 2.75) is 25.4 Å². The molecule has 88 valence electrons. The molecule has 5 nitrogen and oxygen atoms in total. The Bertz CT molecular complexity index is 225. The van der Waals surface area contributed by atoms with Crippen LogP contribution in [0.5, 0.6) is 0 Å². The van der Waals surface area contributed by atoms with Gasteiger partial charge in [0.25, 0.3) is 0 Å². The number of nitro groups is 1. The van der Waals surface area contributed by atoms with E-state index in [2.05, 4.69) is 0 Å². The minimum Gasteiger partial charge on any atom is -0.481 e. The Kier molecular flexibility index (Phi) is 5.03. The zero-order valence-electron chi connectivity index (χ0n) is 7.66. The highest BCUT2D eigenvalue weighted by molar-refractivity contribution is 5.67. The maximum absolute atomic E-state index is 11.8. The van der Waals surface area contributed by atoms with E-state index in [1.165, 1.54) is 0 Å². The van der Waals surface area contributed by atoms with Crippen LogP contribution in [0.1, 0.15) is 19.3 Å². The Hall–Kier alpha value is -1.34. The van der Waals surface area contributed by atoms with E-state index in [1.54, 1.807) is 0 Å². The number of rotatable bonds is 6. The van der Waals surface area contributed by atoms with Crippen LogP contribution in [-0.4, -0.2) is 28.7 Å². The summed E-state index contributed by atoms with van der Waals surface area (Å²) in [5.74, 6) is -2.40. The first-order valence-electron chi connectivity index (χ1n) is 4.11. The molecule has 0 amide bonds. The average Bonchev–Trinajstić information content (AvgIpc) is 1.96. The summed E-state index contributed by atoms with van der Waals surface area (Å²) in [5.41, 5.74) is 0. The lowest BCUT2D eigenvalue weighted by Crippen LogP contribution is -2.20. The van der Waals surface area contributed by atoms with Crippen LogP contribution >= 0.6 is 0 Å². The van der Waals surface area contributed by atoms with E-state index >= 15 is 0 Å². The molecule has 0 bridgehead atoms. The number of hydrogen-bond donors (Lipinski definition) is 1. The number of carboxylic acids is 1. The standard InChI is InChI=1S/C7H10F3NO4/c8-7(9,10)2-1-5(3-6(12)13)4-11(14)15/h5H,1-4H2,(H,12,13). The molecular weight excluding hydrogens is 219 g/mol. The van der Waals surface area contributed by atoms with E-state index < -0.39 is 48.8 Å². The van der Waals surface area contributed by atoms with Crippen molar-refractivity contribution in [2.24, 2.45) is 5.92 Å². The molecule has 1 N–H and O–H groups in total. The van der Waals surface area contributed by atoms with Crippen molar-refractivity contribution in [1.29, 1.82) is 0 Å². The average molecular weight is 229 g/mol. The minimum absolute atomic E-state index is 0.531. The molecule has 0 aliphatic rings. The molecule has 0 aliphatic carbocycles. The summed E-state index contributed by atoms with van der Waals surface area (Å²) in [4.78, 5) is 19.5. The molecule has 1 atom stereocenters. The van der Waals surface area contributed by atoms with Gasteiger partial charge in [0.15, 0.2) is 0 Å². The quantitative estimate of drug-likeness (QED) is 0.555. The SMILES string of the molecule is O=C(O)CC(CCC(F)(F)F)C[N+](=O)[O-]. The number of alkyl halides is 3. The lowest BCUT2D eigenvalue weighted by atomic mass is 9.99. The van der Waals surface area contributed by atoms with Crippen LogP contribution in [-0.2, 0) is 4.79 Å². The van der Waals surface area contributed by atoms with E-state index in [-0.39, 0.29) is 0 Å². The fourth-order valence-electron chi connectivity index (χ4n) is 1.08. The van der Waals surface area contributed by atoms with Crippen molar-refractivity contribution in [1.82, 2.24) is 0 Å². The first-order valence-corrected chi connectivity index (χ1v) is 4.11. The van der Waals surface area contributed by atoms with Crippen LogP contribution in [0.3, 0.4) is 0 Å². The molecule has 0 heterocycles. The Labute approximate surface area is 83.0 Å². The Balaban J connectivity index is 4.12. The third-order valence-electron chi connectivity index (χ3n) is 1.71. The summed E-state index contributed by atoms with van der Waals surface area (Å²) in [6, 6.07) is 0. The number of aliphatic carboxylic acids is 1. The molecular formula is C7H10F3NO4. The lowest BCUT2D eigenvalue weighted by molar-refractivity contribution is -0.488. The molecule has 0 aromatic heterocycles. The van der Waals surface area contributed by atoms with Crippen LogP contribution in [0.15, 0.2) is 0 Å². The molecule has 0 saturated heterocycles. The second-order valence-electron chi connectivity index (χ2n) is 3.13. The van der Waals surface area contributed by atoms with Gasteiger partial charge in [0.2, 0.25) is 6.54 Å². The van der Waals surface area contributed by atoms with Crippen LogP contribution in [0.4, 0.5) is 13.2 Å². The Morgan fingerprint density at radius 2 is 2.00 bits per heavy atom. The van der Waals surface area contributed by atoms with Gasteiger partial charge < -0.3 is 5.11 Å². The van der Waals surface area contributed by atoms with Gasteiger partial charge in [-0.3, -0.25) is 14.9 Å². The zero-order chi connectivity index (χ0) is 12.1. The largest absolute Gasteiger partial charge is 0.481 e. The second kappa shape index (κ2) is 5.52. The van der Waals surface area contributed by atoms with Gasteiger partial charge in [-0.15, -0.1) is 0 Å². The number of hydrogen-bond acceptors (Lipinski definition) is 3. The van der Waals surface area contributed by atoms with Crippen molar-refractivity contribution in [3.8, 4) is 0 Å². The molecule has 15 heavy (non-hydrogen) atoms. The summed E-state index contributed by atoms with van der Waals surface area (Å²) in [6.07, 6.45) is -6.75. The molecule has 0 saturated carbocycles. The monoisotopic (exact) mass is 229 g/mol. The predicted molar refractivity (Wildman–Crippen MR) is 42.9 cm³/mol. The van der Waals surface area contributed by atoms with E-state index in [0.717, 1.165) is 0 Å². The highest BCUT2D eigenvalue weighted by atomic mass is 19.4. The highest BCUT2D eigenvalue weighted by Crippen LogP contribution is 2.25. The minimum atomic E-state index is -4.41. The summed E-state index contributed by atoms with van der Waals surface area (Å²) in [7, 11) is 0. The van der Waals surface area contributed by atoms with Gasteiger partial charge >= 0.3 is 12.1 Å². The summed E-state index contributed by atoms with van der Waals surface area (Å²) in [5, 5.41) is 18.4. The van der Waals surface area contributed by atoms with E-state index in [4.69, 9.17) is 5.11 Å². The van der Waals surface area contributed by atoms with Crippen molar-refractivity contribution in [3.63, 3.8) is 0 Å². The molecule has 0 spiro atoms. The van der Waals surface area contributed by atoms with Crippen LogP contribution in [0.25, 0.3) is 0 Å². The summed E-state index contributed by atoms with van der Waals surface area (Å²) in [6.45, 7) is -0.748. The second-order valence-corrected chi connectivity index (χ2v) is 3.13. The number of nitrogens with zero attached hydrogens (tertiary/aromatic N) is 1. The number of carboxylic acid groups (broad SMARTS) is 1. The molecule has 0 aliphatic heterocycles. The van der Waals surface area contributed by atoms with E-state index in [1.807, 2.05) is 0 Å². The van der Waals surface area contributed by atoms with E-state index in [0.29, 0.717) is 0 Å². The first kappa shape index (κ1) is 13.7. The van der Waals surface area contributed by atoms with E-state index in [9.17, 15) is 28.1 Å². The van der Waals surface area contributed by atoms with Gasteiger partial charge in [0.1, 0.15) is 0 Å². The molecule has 0 fully saturated rings. The molecule has 1 unspecified atom stereocenters. The zero-order valence-corrected chi connectivity index (χ0v) is 7.66. The van der Waals surface area contributed by atoms with Crippen molar-refractivity contribution in [2.75, 3.05) is 6.54 Å². The first-order chi connectivity index (χ1) is 6.70. The van der Waals surface area contributed by atoms with Crippen molar-refractivity contribution in [3.05, 3.63) is 10.1 Å². The number of carbonyl (C=O) groups is 1. The normalized spacial score (nSPS) is 13.5. The maximum Gasteiger partial charge on any atom is 0.389 e. The third-order valence-corrected chi connectivity index (χ3v) is 1.71. The smallest absolute Gasteiger partial charge is 0.389 e.